The average molecular weight is 338 g/mol. The van der Waals surface area contributed by atoms with Crippen LogP contribution in [-0.2, 0) is 4.79 Å². The van der Waals surface area contributed by atoms with Gasteiger partial charge in [-0.25, -0.2) is 4.79 Å². The van der Waals surface area contributed by atoms with Crippen molar-refractivity contribution in [2.24, 2.45) is 11.7 Å². The van der Waals surface area contributed by atoms with Crippen molar-refractivity contribution in [2.75, 3.05) is 13.1 Å². The summed E-state index contributed by atoms with van der Waals surface area (Å²) in [6.07, 6.45) is 1.22. The first-order chi connectivity index (χ1) is 10.9. The number of urea groups is 1. The SMILES string of the molecule is C[C@@H](NC(N)=O)C(=O)N1CCC(C(=O)c2ccc(Cl)cc2)CC1. The molecule has 3 amide bonds. The number of nitrogens with one attached hydrogen (secondary N) is 1. The second kappa shape index (κ2) is 7.46. The lowest BCUT2D eigenvalue weighted by atomic mass is 9.88. The van der Waals surface area contributed by atoms with E-state index in [2.05, 4.69) is 5.32 Å². The summed E-state index contributed by atoms with van der Waals surface area (Å²) in [5, 5.41) is 2.97. The largest absolute Gasteiger partial charge is 0.352 e. The second-order valence-corrected chi connectivity index (χ2v) is 6.14. The molecule has 1 saturated heterocycles. The van der Waals surface area contributed by atoms with Crippen molar-refractivity contribution in [1.82, 2.24) is 10.2 Å². The third-order valence-corrected chi connectivity index (χ3v) is 4.29. The Bertz CT molecular complexity index is 595. The van der Waals surface area contributed by atoms with E-state index in [-0.39, 0.29) is 17.6 Å². The highest BCUT2D eigenvalue weighted by molar-refractivity contribution is 6.30. The number of likely N-dealkylation sites (tertiary alicyclic amines) is 1. The summed E-state index contributed by atoms with van der Waals surface area (Å²) < 4.78 is 0. The predicted octanol–water partition coefficient (Wildman–Crippen LogP) is 1.82. The van der Waals surface area contributed by atoms with Gasteiger partial charge in [0.2, 0.25) is 5.91 Å². The number of Topliss-reactive ketones (excluding diaryl/α,β-unsaturated/α-hetero) is 1. The van der Waals surface area contributed by atoms with Gasteiger partial charge in [0.1, 0.15) is 6.04 Å². The number of nitrogens with zero attached hydrogens (tertiary/aromatic N) is 1. The van der Waals surface area contributed by atoms with E-state index in [4.69, 9.17) is 17.3 Å². The summed E-state index contributed by atoms with van der Waals surface area (Å²) in [5.41, 5.74) is 5.66. The number of carbonyl (C=O) groups excluding carboxylic acids is 3. The Kier molecular flexibility index (Phi) is 5.60. The molecule has 124 valence electrons. The summed E-state index contributed by atoms with van der Waals surface area (Å²) in [7, 11) is 0. The van der Waals surface area contributed by atoms with Crippen molar-refractivity contribution in [3.63, 3.8) is 0 Å². The number of primary amides is 1. The van der Waals surface area contributed by atoms with Gasteiger partial charge in [0.15, 0.2) is 5.78 Å². The fourth-order valence-corrected chi connectivity index (χ4v) is 2.89. The van der Waals surface area contributed by atoms with Crippen molar-refractivity contribution in [2.45, 2.75) is 25.8 Å². The first kappa shape index (κ1) is 17.3. The van der Waals surface area contributed by atoms with E-state index in [0.29, 0.717) is 36.5 Å². The molecule has 0 radical (unpaired) electrons. The first-order valence-corrected chi connectivity index (χ1v) is 7.91. The van der Waals surface area contributed by atoms with Gasteiger partial charge >= 0.3 is 6.03 Å². The van der Waals surface area contributed by atoms with Gasteiger partial charge in [-0.15, -0.1) is 0 Å². The van der Waals surface area contributed by atoms with Crippen LogP contribution in [0.2, 0.25) is 5.02 Å². The minimum Gasteiger partial charge on any atom is -0.352 e. The molecule has 1 aromatic rings. The molecule has 1 aliphatic rings. The summed E-state index contributed by atoms with van der Waals surface area (Å²) in [5.74, 6) is -0.196. The number of halogens is 1. The number of nitrogens with two attached hydrogens (primary N) is 1. The maximum Gasteiger partial charge on any atom is 0.312 e. The smallest absolute Gasteiger partial charge is 0.312 e. The zero-order chi connectivity index (χ0) is 17.0. The molecule has 1 atom stereocenters. The van der Waals surface area contributed by atoms with E-state index in [0.717, 1.165) is 0 Å². The van der Waals surface area contributed by atoms with Crippen LogP contribution in [0.4, 0.5) is 4.79 Å². The quantitative estimate of drug-likeness (QED) is 0.821. The minimum absolute atomic E-state index is 0.0806. The Morgan fingerprint density at radius 2 is 1.78 bits per heavy atom. The molecule has 1 aliphatic heterocycles. The Balaban J connectivity index is 1.90. The molecular weight excluding hydrogens is 318 g/mol. The van der Waals surface area contributed by atoms with Crippen LogP contribution in [0.1, 0.15) is 30.1 Å². The molecule has 1 heterocycles. The molecule has 0 bridgehead atoms. The molecule has 6 nitrogen and oxygen atoms in total. The Morgan fingerprint density at radius 1 is 1.22 bits per heavy atom. The van der Waals surface area contributed by atoms with Gasteiger partial charge in [-0.2, -0.15) is 0 Å². The lowest BCUT2D eigenvalue weighted by Gasteiger charge is -2.33. The Morgan fingerprint density at radius 3 is 2.30 bits per heavy atom. The fraction of sp³-hybridized carbons (Fsp3) is 0.438. The molecular formula is C16H20ClN3O3. The number of rotatable bonds is 4. The molecule has 0 aliphatic carbocycles. The molecule has 1 fully saturated rings. The molecule has 23 heavy (non-hydrogen) atoms. The van der Waals surface area contributed by atoms with E-state index in [1.807, 2.05) is 0 Å². The van der Waals surface area contributed by atoms with E-state index >= 15 is 0 Å². The third kappa shape index (κ3) is 4.45. The fourth-order valence-electron chi connectivity index (χ4n) is 2.76. The number of ketones is 1. The van der Waals surface area contributed by atoms with Crippen LogP contribution in [0.3, 0.4) is 0 Å². The predicted molar refractivity (Wildman–Crippen MR) is 87.3 cm³/mol. The second-order valence-electron chi connectivity index (χ2n) is 5.70. The van der Waals surface area contributed by atoms with Crippen molar-refractivity contribution >= 4 is 29.3 Å². The molecule has 0 saturated carbocycles. The maximum atomic E-state index is 12.4. The molecule has 0 aromatic heterocycles. The van der Waals surface area contributed by atoms with Crippen molar-refractivity contribution in [1.29, 1.82) is 0 Å². The van der Waals surface area contributed by atoms with Gasteiger partial charge in [-0.1, -0.05) is 11.6 Å². The van der Waals surface area contributed by atoms with Crippen molar-refractivity contribution < 1.29 is 14.4 Å². The van der Waals surface area contributed by atoms with Crippen molar-refractivity contribution in [3.8, 4) is 0 Å². The zero-order valence-electron chi connectivity index (χ0n) is 12.9. The molecule has 7 heteroatoms. The van der Waals surface area contributed by atoms with Crippen LogP contribution < -0.4 is 11.1 Å². The van der Waals surface area contributed by atoms with Gasteiger partial charge in [0.05, 0.1) is 0 Å². The van der Waals surface area contributed by atoms with Gasteiger partial charge in [0.25, 0.3) is 0 Å². The number of benzene rings is 1. The standard InChI is InChI=1S/C16H20ClN3O3/c1-10(19-16(18)23)15(22)20-8-6-12(7-9-20)14(21)11-2-4-13(17)5-3-11/h2-5,10,12H,6-9H2,1H3,(H3,18,19,23)/t10-/m1/s1. The number of carbonyl (C=O) groups is 3. The van der Waals surface area contributed by atoms with Crippen LogP contribution in [0, 0.1) is 5.92 Å². The zero-order valence-corrected chi connectivity index (χ0v) is 13.7. The highest BCUT2D eigenvalue weighted by Crippen LogP contribution is 2.23. The van der Waals surface area contributed by atoms with Gasteiger partial charge in [-0.3, -0.25) is 9.59 Å². The number of amides is 3. The molecule has 3 N–H and O–H groups in total. The van der Waals surface area contributed by atoms with Crippen LogP contribution in [-0.4, -0.2) is 41.8 Å². The summed E-state index contributed by atoms with van der Waals surface area (Å²) in [6.45, 7) is 2.58. The van der Waals surface area contributed by atoms with Crippen LogP contribution in [0.25, 0.3) is 0 Å². The van der Waals surface area contributed by atoms with E-state index in [9.17, 15) is 14.4 Å². The molecule has 0 spiro atoms. The summed E-state index contributed by atoms with van der Waals surface area (Å²) >= 11 is 5.83. The van der Waals surface area contributed by atoms with Crippen LogP contribution in [0.15, 0.2) is 24.3 Å². The minimum atomic E-state index is -0.723. The van der Waals surface area contributed by atoms with E-state index in [1.165, 1.54) is 0 Å². The average Bonchev–Trinajstić information content (AvgIpc) is 2.53. The normalized spacial score (nSPS) is 16.7. The number of hydrogen-bond acceptors (Lipinski definition) is 3. The Labute approximate surface area is 140 Å². The topological polar surface area (TPSA) is 92.5 Å². The monoisotopic (exact) mass is 337 g/mol. The lowest BCUT2D eigenvalue weighted by molar-refractivity contribution is -0.134. The number of piperidine rings is 1. The highest BCUT2D eigenvalue weighted by atomic mass is 35.5. The molecule has 0 unspecified atom stereocenters. The van der Waals surface area contributed by atoms with Crippen LogP contribution >= 0.6 is 11.6 Å². The summed E-state index contributed by atoms with van der Waals surface area (Å²) in [4.78, 5) is 37.1. The molecule has 2 rings (SSSR count). The third-order valence-electron chi connectivity index (χ3n) is 4.04. The lowest BCUT2D eigenvalue weighted by Crippen LogP contribution is -2.51. The van der Waals surface area contributed by atoms with Crippen LogP contribution in [0.5, 0.6) is 0 Å². The maximum absolute atomic E-state index is 12.4. The van der Waals surface area contributed by atoms with E-state index in [1.54, 1.807) is 36.1 Å². The Hall–Kier alpha value is -2.08. The summed E-state index contributed by atoms with van der Waals surface area (Å²) in [6, 6.07) is 5.46. The van der Waals surface area contributed by atoms with E-state index < -0.39 is 12.1 Å². The highest BCUT2D eigenvalue weighted by Gasteiger charge is 2.30. The van der Waals surface area contributed by atoms with Gasteiger partial charge < -0.3 is 16.0 Å². The number of hydrogen-bond donors (Lipinski definition) is 2. The first-order valence-electron chi connectivity index (χ1n) is 7.53. The molecule has 1 aromatic carbocycles. The van der Waals surface area contributed by atoms with Crippen molar-refractivity contribution in [3.05, 3.63) is 34.9 Å². The van der Waals surface area contributed by atoms with Gasteiger partial charge in [-0.05, 0) is 44.0 Å². The van der Waals surface area contributed by atoms with Gasteiger partial charge in [0, 0.05) is 29.6 Å².